The lowest BCUT2D eigenvalue weighted by Crippen LogP contribution is -2.50. The summed E-state index contributed by atoms with van der Waals surface area (Å²) in [6.07, 6.45) is 0.610. The molecule has 9 heteroatoms. The van der Waals surface area contributed by atoms with E-state index in [1.165, 1.54) is 0 Å². The summed E-state index contributed by atoms with van der Waals surface area (Å²) < 4.78 is 32.2. The molecular formula is C14H19F2N5OS. The third-order valence-corrected chi connectivity index (χ3v) is 4.21. The van der Waals surface area contributed by atoms with Gasteiger partial charge in [0.15, 0.2) is 5.82 Å². The van der Waals surface area contributed by atoms with Crippen LogP contribution in [0.15, 0.2) is 6.07 Å². The van der Waals surface area contributed by atoms with Crippen molar-refractivity contribution in [2.24, 2.45) is 5.73 Å². The summed E-state index contributed by atoms with van der Waals surface area (Å²) in [7, 11) is 0. The number of ether oxygens (including phenoxy) is 1. The van der Waals surface area contributed by atoms with E-state index in [1.807, 2.05) is 0 Å². The zero-order chi connectivity index (χ0) is 16.4. The third kappa shape index (κ3) is 4.23. The number of nitrogens with one attached hydrogen (secondary N) is 2. The lowest BCUT2D eigenvalue weighted by atomic mass is 9.92. The molecule has 6 nitrogen and oxygen atoms in total. The quantitative estimate of drug-likeness (QED) is 0.698. The highest BCUT2D eigenvalue weighted by Crippen LogP contribution is 2.34. The van der Waals surface area contributed by atoms with Crippen LogP contribution in [0.2, 0.25) is 0 Å². The molecule has 0 bridgehead atoms. The summed E-state index contributed by atoms with van der Waals surface area (Å²) in [6.45, 7) is 1.51. The minimum atomic E-state index is -2.56. The molecule has 1 aliphatic heterocycles. The zero-order valence-corrected chi connectivity index (χ0v) is 13.3. The van der Waals surface area contributed by atoms with E-state index in [4.69, 9.17) is 22.7 Å². The van der Waals surface area contributed by atoms with Crippen LogP contribution >= 0.6 is 12.2 Å². The molecule has 1 aromatic rings. The van der Waals surface area contributed by atoms with Crippen LogP contribution in [0, 0.1) is 0 Å². The van der Waals surface area contributed by atoms with Gasteiger partial charge < -0.3 is 21.1 Å². The number of hydrogen-bond acceptors (Lipinski definition) is 6. The number of halogens is 2. The molecule has 0 atom stereocenters. The van der Waals surface area contributed by atoms with Gasteiger partial charge in [0.2, 0.25) is 11.8 Å². The molecule has 0 radical (unpaired) electrons. The van der Waals surface area contributed by atoms with E-state index in [-0.39, 0.29) is 35.8 Å². The largest absolute Gasteiger partial charge is 0.471 e. The maximum atomic E-state index is 13.2. The Morgan fingerprint density at radius 3 is 2.61 bits per heavy atom. The normalized spacial score (nSPS) is 21.5. The Bertz CT molecular complexity index is 587. The number of alkyl halides is 2. The van der Waals surface area contributed by atoms with Gasteiger partial charge in [0.1, 0.15) is 16.9 Å². The van der Waals surface area contributed by atoms with Crippen molar-refractivity contribution in [1.82, 2.24) is 15.3 Å². The molecule has 23 heavy (non-hydrogen) atoms. The van der Waals surface area contributed by atoms with Gasteiger partial charge in [-0.3, -0.25) is 0 Å². The van der Waals surface area contributed by atoms with Gasteiger partial charge in [-0.1, -0.05) is 12.2 Å². The van der Waals surface area contributed by atoms with Crippen LogP contribution < -0.4 is 21.1 Å². The zero-order valence-electron chi connectivity index (χ0n) is 12.5. The van der Waals surface area contributed by atoms with Crippen molar-refractivity contribution >= 4 is 23.0 Å². The first-order valence-electron chi connectivity index (χ1n) is 7.62. The van der Waals surface area contributed by atoms with Crippen LogP contribution in [0.25, 0.3) is 0 Å². The number of aromatic nitrogens is 2. The van der Waals surface area contributed by atoms with Gasteiger partial charge in [-0.25, -0.2) is 13.8 Å². The fourth-order valence-electron chi connectivity index (χ4n) is 2.58. The van der Waals surface area contributed by atoms with Crippen LogP contribution in [-0.2, 0) is 0 Å². The van der Waals surface area contributed by atoms with Gasteiger partial charge in [-0.2, -0.15) is 4.98 Å². The first-order chi connectivity index (χ1) is 10.9. The monoisotopic (exact) mass is 343 g/mol. The van der Waals surface area contributed by atoms with Gasteiger partial charge in [0, 0.05) is 38.0 Å². The van der Waals surface area contributed by atoms with E-state index in [2.05, 4.69) is 20.6 Å². The summed E-state index contributed by atoms with van der Waals surface area (Å²) in [5.41, 5.74) is 5.61. The number of anilines is 1. The Kier molecular flexibility index (Phi) is 4.58. The lowest BCUT2D eigenvalue weighted by molar-refractivity contribution is -0.0361. The molecule has 0 unspecified atom stereocenters. The Hall–Kier alpha value is -1.61. The molecule has 3 rings (SSSR count). The Balaban J connectivity index is 1.71. The summed E-state index contributed by atoms with van der Waals surface area (Å²) in [5, 5.41) is 6.27. The standard InChI is InChI=1S/C14H19F2N5OS/c15-14(16)3-1-8(2-4-14)19-10-5-11(22-9-6-18-7-9)21-13(20-10)12(17)23/h5,8-9,18H,1-4,6-7H2,(H2,17,23)(H,19,20,21). The van der Waals surface area contributed by atoms with Gasteiger partial charge in [0.25, 0.3) is 0 Å². The Morgan fingerprint density at radius 1 is 1.35 bits per heavy atom. The Morgan fingerprint density at radius 2 is 2.04 bits per heavy atom. The van der Waals surface area contributed by atoms with Gasteiger partial charge >= 0.3 is 0 Å². The highest BCUT2D eigenvalue weighted by atomic mass is 32.1. The van der Waals surface area contributed by atoms with E-state index in [1.54, 1.807) is 6.07 Å². The highest BCUT2D eigenvalue weighted by Gasteiger charge is 2.35. The van der Waals surface area contributed by atoms with Crippen LogP contribution in [0.4, 0.5) is 14.6 Å². The topological polar surface area (TPSA) is 85.1 Å². The van der Waals surface area contributed by atoms with Crippen molar-refractivity contribution in [2.75, 3.05) is 18.4 Å². The van der Waals surface area contributed by atoms with Crippen molar-refractivity contribution in [2.45, 2.75) is 43.8 Å². The molecule has 1 aliphatic carbocycles. The highest BCUT2D eigenvalue weighted by molar-refractivity contribution is 7.80. The molecule has 4 N–H and O–H groups in total. The second-order valence-corrected chi connectivity index (χ2v) is 6.39. The van der Waals surface area contributed by atoms with E-state index in [0.717, 1.165) is 13.1 Å². The number of hydrogen-bond donors (Lipinski definition) is 3. The van der Waals surface area contributed by atoms with Crippen molar-refractivity contribution < 1.29 is 13.5 Å². The van der Waals surface area contributed by atoms with Crippen molar-refractivity contribution in [3.63, 3.8) is 0 Å². The molecule has 2 heterocycles. The Labute approximate surface area is 138 Å². The van der Waals surface area contributed by atoms with Crippen molar-refractivity contribution in [1.29, 1.82) is 0 Å². The molecule has 0 amide bonds. The molecule has 2 aliphatic rings. The van der Waals surface area contributed by atoms with Crippen LogP contribution in [0.5, 0.6) is 5.88 Å². The predicted octanol–water partition coefficient (Wildman–Crippen LogP) is 1.45. The first-order valence-corrected chi connectivity index (χ1v) is 8.03. The summed E-state index contributed by atoms with van der Waals surface area (Å²) in [4.78, 5) is 8.50. The molecule has 0 spiro atoms. The fraction of sp³-hybridized carbons (Fsp3) is 0.643. The van der Waals surface area contributed by atoms with E-state index < -0.39 is 5.92 Å². The van der Waals surface area contributed by atoms with Crippen LogP contribution in [-0.4, -0.2) is 46.1 Å². The second-order valence-electron chi connectivity index (χ2n) is 5.95. The molecule has 1 saturated carbocycles. The molecular weight excluding hydrogens is 324 g/mol. The number of thiocarbonyl (C=S) groups is 1. The minimum Gasteiger partial charge on any atom is -0.471 e. The maximum Gasteiger partial charge on any atom is 0.248 e. The van der Waals surface area contributed by atoms with Gasteiger partial charge in [-0.05, 0) is 12.8 Å². The molecule has 0 aromatic carbocycles. The van der Waals surface area contributed by atoms with Gasteiger partial charge in [0.05, 0.1) is 0 Å². The van der Waals surface area contributed by atoms with Crippen LogP contribution in [0.3, 0.4) is 0 Å². The second kappa shape index (κ2) is 6.48. The first kappa shape index (κ1) is 16.3. The van der Waals surface area contributed by atoms with Crippen LogP contribution in [0.1, 0.15) is 31.5 Å². The molecule has 2 fully saturated rings. The lowest BCUT2D eigenvalue weighted by Gasteiger charge is -2.30. The average Bonchev–Trinajstić information content (AvgIpc) is 2.45. The number of rotatable bonds is 5. The molecule has 1 aromatic heterocycles. The van der Waals surface area contributed by atoms with E-state index in [0.29, 0.717) is 24.5 Å². The summed E-state index contributed by atoms with van der Waals surface area (Å²) in [5.74, 6) is -1.45. The molecule has 1 saturated heterocycles. The van der Waals surface area contributed by atoms with Gasteiger partial charge in [-0.15, -0.1) is 0 Å². The minimum absolute atomic E-state index is 0.0538. The fourth-order valence-corrected chi connectivity index (χ4v) is 2.67. The van der Waals surface area contributed by atoms with Crippen molar-refractivity contribution in [3.8, 4) is 5.88 Å². The number of nitrogens with zero attached hydrogens (tertiary/aromatic N) is 2. The summed E-state index contributed by atoms with van der Waals surface area (Å²) >= 11 is 4.93. The molecule has 126 valence electrons. The number of nitrogens with two attached hydrogens (primary N) is 1. The maximum absolute atomic E-state index is 13.2. The van der Waals surface area contributed by atoms with E-state index >= 15 is 0 Å². The van der Waals surface area contributed by atoms with E-state index in [9.17, 15) is 8.78 Å². The van der Waals surface area contributed by atoms with Crippen molar-refractivity contribution in [3.05, 3.63) is 11.9 Å². The smallest absolute Gasteiger partial charge is 0.248 e. The summed E-state index contributed by atoms with van der Waals surface area (Å²) in [6, 6.07) is 1.61. The predicted molar refractivity (Wildman–Crippen MR) is 86.0 cm³/mol. The SMILES string of the molecule is NC(=S)c1nc(NC2CCC(F)(F)CC2)cc(OC2CNC2)n1. The third-order valence-electron chi connectivity index (χ3n) is 4.02. The average molecular weight is 343 g/mol.